The molecule has 1 amide bonds. The minimum Gasteiger partial charge on any atom is -0.438 e. The zero-order valence-electron chi connectivity index (χ0n) is 24.9. The molecule has 3 aromatic rings. The van der Waals surface area contributed by atoms with Crippen LogP contribution in [0.3, 0.4) is 0 Å². The van der Waals surface area contributed by atoms with Crippen molar-refractivity contribution >= 4 is 64.5 Å². The van der Waals surface area contributed by atoms with Crippen LogP contribution in [-0.4, -0.2) is 31.4 Å². The van der Waals surface area contributed by atoms with E-state index in [1.165, 1.54) is 17.4 Å². The Morgan fingerprint density at radius 3 is 2.02 bits per heavy atom. The number of hydrogen-bond acceptors (Lipinski definition) is 9. The third kappa shape index (κ3) is 8.95. The maximum atomic E-state index is 14.5. The third-order valence-electron chi connectivity index (χ3n) is 5.97. The molecule has 3 rings (SSSR count). The van der Waals surface area contributed by atoms with E-state index in [2.05, 4.69) is 5.32 Å². The summed E-state index contributed by atoms with van der Waals surface area (Å²) in [5, 5.41) is 4.69. The minimum atomic E-state index is -4.73. The number of nitrogens with one attached hydrogen (secondary N) is 1. The van der Waals surface area contributed by atoms with Gasteiger partial charge in [0.1, 0.15) is 11.6 Å². The fourth-order valence-corrected chi connectivity index (χ4v) is 6.50. The highest BCUT2D eigenvalue weighted by Gasteiger charge is 2.45. The van der Waals surface area contributed by atoms with Crippen LogP contribution in [0, 0.1) is 22.5 Å². The molecule has 0 fully saturated rings. The smallest absolute Gasteiger partial charge is 0.353 e. The second kappa shape index (κ2) is 14.3. The predicted molar refractivity (Wildman–Crippen MR) is 164 cm³/mol. The van der Waals surface area contributed by atoms with Crippen LogP contribution >= 0.6 is 30.5 Å². The van der Waals surface area contributed by atoms with Crippen molar-refractivity contribution in [2.45, 2.75) is 47.2 Å². The molecule has 0 saturated heterocycles. The minimum absolute atomic E-state index is 0.170. The van der Waals surface area contributed by atoms with Crippen molar-refractivity contribution in [3.05, 3.63) is 75.8 Å². The number of fused-ring (bicyclic) bond motifs is 1. The number of carbonyl (C=O) groups excluding carboxylic acids is 3. The normalized spacial score (nSPS) is 13.2. The first kappa shape index (κ1) is 35.3. The van der Waals surface area contributed by atoms with Crippen molar-refractivity contribution in [2.24, 2.45) is 10.8 Å². The van der Waals surface area contributed by atoms with E-state index in [-0.39, 0.29) is 5.56 Å². The maximum absolute atomic E-state index is 14.5. The lowest BCUT2D eigenvalue weighted by Crippen LogP contribution is -2.29. The summed E-state index contributed by atoms with van der Waals surface area (Å²) in [5.41, 5.74) is -3.86. The summed E-state index contributed by atoms with van der Waals surface area (Å²) in [6.45, 7) is 7.84. The third-order valence-corrected chi connectivity index (χ3v) is 9.26. The summed E-state index contributed by atoms with van der Waals surface area (Å²) in [5.74, 6) is -4.09. The van der Waals surface area contributed by atoms with Gasteiger partial charge < -0.3 is 14.8 Å². The lowest BCUT2D eigenvalue weighted by atomic mass is 9.98. The topological polar surface area (TPSA) is 117 Å². The van der Waals surface area contributed by atoms with E-state index in [1.807, 2.05) is 0 Å². The quantitative estimate of drug-likeness (QED) is 0.124. The molecule has 9 nitrogen and oxygen atoms in total. The molecule has 1 N–H and O–H groups in total. The van der Waals surface area contributed by atoms with Crippen LogP contribution < -0.4 is 5.32 Å². The van der Waals surface area contributed by atoms with Crippen LogP contribution in [0.2, 0.25) is 5.02 Å². The van der Waals surface area contributed by atoms with E-state index in [0.29, 0.717) is 15.1 Å². The van der Waals surface area contributed by atoms with Gasteiger partial charge in [-0.25, -0.2) is 8.78 Å². The van der Waals surface area contributed by atoms with Gasteiger partial charge in [0.25, 0.3) is 0 Å². The molecule has 0 radical (unpaired) electrons. The Hall–Kier alpha value is -3.15. The van der Waals surface area contributed by atoms with Gasteiger partial charge in [-0.15, -0.1) is 11.3 Å². The first-order valence-electron chi connectivity index (χ1n) is 13.2. The van der Waals surface area contributed by atoms with E-state index in [9.17, 15) is 27.7 Å². The number of ether oxygens (including phenoxy) is 2. The van der Waals surface area contributed by atoms with Crippen molar-refractivity contribution in [1.82, 2.24) is 5.32 Å². The highest BCUT2D eigenvalue weighted by molar-refractivity contribution is 7.55. The molecule has 2 aromatic carbocycles. The zero-order chi connectivity index (χ0) is 32.9. The number of benzene rings is 2. The number of rotatable bonds is 11. The lowest BCUT2D eigenvalue weighted by molar-refractivity contribution is -0.162. The summed E-state index contributed by atoms with van der Waals surface area (Å²) < 4.78 is 64.8. The number of halogens is 3. The van der Waals surface area contributed by atoms with Crippen molar-refractivity contribution in [3.63, 3.8) is 0 Å². The van der Waals surface area contributed by atoms with Gasteiger partial charge in [0.15, 0.2) is 5.66 Å². The molecule has 14 heteroatoms. The SMILES string of the molecule is CC(C)(C)C(=O)OCOP(=O)(OCOC(=O)C(C)(C)C)C(C(=O)N/C=C/c1c(F)cccc1F)c1csc2ccc(Cl)cc12. The molecule has 44 heavy (non-hydrogen) atoms. The predicted octanol–water partition coefficient (Wildman–Crippen LogP) is 7.98. The first-order valence-corrected chi connectivity index (χ1v) is 16.1. The van der Waals surface area contributed by atoms with Crippen LogP contribution in [-0.2, 0) is 37.5 Å². The second-order valence-corrected chi connectivity index (χ2v) is 15.1. The second-order valence-electron chi connectivity index (χ2n) is 11.6. The van der Waals surface area contributed by atoms with Gasteiger partial charge in [-0.3, -0.25) is 28.0 Å². The lowest BCUT2D eigenvalue weighted by Gasteiger charge is -2.27. The highest BCUT2D eigenvalue weighted by atomic mass is 35.5. The first-order chi connectivity index (χ1) is 20.4. The Balaban J connectivity index is 2.04. The maximum Gasteiger partial charge on any atom is 0.353 e. The molecule has 0 saturated carbocycles. The largest absolute Gasteiger partial charge is 0.438 e. The molecule has 0 aliphatic heterocycles. The molecular formula is C30H33ClF2NO8PS. The number of amides is 1. The summed E-state index contributed by atoms with van der Waals surface area (Å²) in [6, 6.07) is 8.16. The number of esters is 2. The Kier molecular flexibility index (Phi) is 11.5. The van der Waals surface area contributed by atoms with Gasteiger partial charge in [0, 0.05) is 21.5 Å². The Morgan fingerprint density at radius 1 is 0.955 bits per heavy atom. The van der Waals surface area contributed by atoms with Crippen molar-refractivity contribution < 1.29 is 46.3 Å². The van der Waals surface area contributed by atoms with E-state index >= 15 is 0 Å². The molecule has 1 heterocycles. The average molecular weight is 672 g/mol. The van der Waals surface area contributed by atoms with Gasteiger partial charge >= 0.3 is 19.5 Å². The van der Waals surface area contributed by atoms with Crippen LogP contribution in [0.15, 0.2) is 48.0 Å². The number of hydrogen-bond donors (Lipinski definition) is 1. The van der Waals surface area contributed by atoms with Crippen LogP contribution in [0.1, 0.15) is 58.3 Å². The van der Waals surface area contributed by atoms with E-state index in [0.717, 1.165) is 24.4 Å². The van der Waals surface area contributed by atoms with Gasteiger partial charge in [-0.05, 0) is 94.3 Å². The molecule has 0 bridgehead atoms. The van der Waals surface area contributed by atoms with E-state index < -0.39 is 72.7 Å². The molecule has 238 valence electrons. The van der Waals surface area contributed by atoms with E-state index in [4.69, 9.17) is 30.1 Å². The summed E-state index contributed by atoms with van der Waals surface area (Å²) >= 11 is 7.44. The summed E-state index contributed by atoms with van der Waals surface area (Å²) in [4.78, 5) is 38.5. The van der Waals surface area contributed by atoms with E-state index in [1.54, 1.807) is 65.1 Å². The van der Waals surface area contributed by atoms with Gasteiger partial charge in [-0.1, -0.05) is 17.7 Å². The molecule has 0 spiro atoms. The molecule has 1 aromatic heterocycles. The molecule has 1 unspecified atom stereocenters. The average Bonchev–Trinajstić information content (AvgIpc) is 3.31. The highest BCUT2D eigenvalue weighted by Crippen LogP contribution is 2.62. The number of thiophene rings is 1. The van der Waals surface area contributed by atoms with Crippen molar-refractivity contribution in [1.29, 1.82) is 0 Å². The Bertz CT molecular complexity index is 1560. The monoisotopic (exact) mass is 671 g/mol. The molecule has 0 aliphatic rings. The van der Waals surface area contributed by atoms with Crippen molar-refractivity contribution in [2.75, 3.05) is 13.6 Å². The Labute approximate surface area is 263 Å². The van der Waals surface area contributed by atoms with Gasteiger partial charge in [0.2, 0.25) is 19.5 Å². The summed E-state index contributed by atoms with van der Waals surface area (Å²) in [6.07, 6.45) is 1.97. The van der Waals surface area contributed by atoms with Gasteiger partial charge in [0.05, 0.1) is 10.8 Å². The number of carbonyl (C=O) groups is 3. The molecule has 0 aliphatic carbocycles. The van der Waals surface area contributed by atoms with Crippen molar-refractivity contribution in [3.8, 4) is 0 Å². The van der Waals surface area contributed by atoms with Gasteiger partial charge in [-0.2, -0.15) is 0 Å². The standard InChI is InChI=1S/C30H33ClF2NO8PS/c1-29(2,3)27(36)39-16-41-43(38,42-17-40-28(37)30(4,5)6)25(21-15-44-24-11-10-18(31)14-20(21)24)26(35)34-13-12-19-22(32)8-7-9-23(19)33/h7-15,25H,16-17H2,1-6H3,(H,34,35)/b13-12+. The zero-order valence-corrected chi connectivity index (χ0v) is 27.4. The van der Waals surface area contributed by atoms with Crippen LogP contribution in [0.4, 0.5) is 8.78 Å². The van der Waals surface area contributed by atoms with Crippen LogP contribution in [0.25, 0.3) is 16.2 Å². The molecule has 1 atom stereocenters. The van der Waals surface area contributed by atoms with Crippen LogP contribution in [0.5, 0.6) is 0 Å². The fourth-order valence-electron chi connectivity index (χ4n) is 3.57. The molecular weight excluding hydrogens is 639 g/mol. The Morgan fingerprint density at radius 2 is 1.50 bits per heavy atom. The summed E-state index contributed by atoms with van der Waals surface area (Å²) in [7, 11) is -4.73. The fraction of sp³-hybridized carbons (Fsp3) is 0.367.